The van der Waals surface area contributed by atoms with Crippen LogP contribution >= 0.6 is 0 Å². The highest BCUT2D eigenvalue weighted by Gasteiger charge is 2.23. The summed E-state index contributed by atoms with van der Waals surface area (Å²) in [4.78, 5) is 2.39. The topological polar surface area (TPSA) is 44.7 Å². The second-order valence-electron chi connectivity index (χ2n) is 4.66. The van der Waals surface area contributed by atoms with E-state index in [2.05, 4.69) is 22.3 Å². The molecule has 2 aliphatic heterocycles. The Bertz CT molecular complexity index is 402. The molecule has 0 amide bonds. The van der Waals surface area contributed by atoms with E-state index in [1.165, 1.54) is 11.3 Å². The van der Waals surface area contributed by atoms with Gasteiger partial charge in [0.15, 0.2) is 0 Å². The van der Waals surface area contributed by atoms with Gasteiger partial charge in [0.1, 0.15) is 11.9 Å². The van der Waals surface area contributed by atoms with E-state index in [-0.39, 0.29) is 12.7 Å². The number of aliphatic hydroxyl groups excluding tert-OH is 1. The highest BCUT2D eigenvalue weighted by molar-refractivity contribution is 5.54. The fourth-order valence-electron chi connectivity index (χ4n) is 2.53. The maximum Gasteiger partial charge on any atom is 0.126 e. The molecular formula is C13H18N2O2. The highest BCUT2D eigenvalue weighted by Crippen LogP contribution is 2.32. The van der Waals surface area contributed by atoms with Gasteiger partial charge in [-0.05, 0) is 23.8 Å². The largest absolute Gasteiger partial charge is 0.487 e. The molecule has 0 spiro atoms. The zero-order valence-electron chi connectivity index (χ0n) is 9.85. The molecule has 0 aromatic heterocycles. The Kier molecular flexibility index (Phi) is 2.91. The lowest BCUT2D eigenvalue weighted by Gasteiger charge is -2.29. The molecule has 1 aromatic carbocycles. The zero-order valence-corrected chi connectivity index (χ0v) is 9.85. The summed E-state index contributed by atoms with van der Waals surface area (Å²) in [6.45, 7) is 4.31. The lowest BCUT2D eigenvalue weighted by Crippen LogP contribution is -2.43. The predicted molar refractivity (Wildman–Crippen MR) is 66.7 cm³/mol. The van der Waals surface area contributed by atoms with Crippen LogP contribution in [0.1, 0.15) is 5.56 Å². The molecule has 0 bridgehead atoms. The average Bonchev–Trinajstić information content (AvgIpc) is 2.81. The molecule has 1 aromatic rings. The monoisotopic (exact) mass is 234 g/mol. The van der Waals surface area contributed by atoms with Gasteiger partial charge in [0, 0.05) is 38.3 Å². The van der Waals surface area contributed by atoms with Crippen molar-refractivity contribution < 1.29 is 9.84 Å². The fraction of sp³-hybridized carbons (Fsp3) is 0.538. The van der Waals surface area contributed by atoms with Crippen LogP contribution in [0.15, 0.2) is 18.2 Å². The van der Waals surface area contributed by atoms with Gasteiger partial charge in [-0.25, -0.2) is 0 Å². The number of benzene rings is 1. The minimum atomic E-state index is -0.0525. The molecular weight excluding hydrogens is 216 g/mol. The number of nitrogens with one attached hydrogen (secondary N) is 1. The molecule has 4 nitrogen and oxygen atoms in total. The van der Waals surface area contributed by atoms with E-state index in [1.54, 1.807) is 0 Å². The number of aliphatic hydroxyl groups is 1. The van der Waals surface area contributed by atoms with Crippen molar-refractivity contribution in [3.63, 3.8) is 0 Å². The molecule has 4 heteroatoms. The third-order valence-corrected chi connectivity index (χ3v) is 3.47. The van der Waals surface area contributed by atoms with Gasteiger partial charge in [0.05, 0.1) is 6.61 Å². The quantitative estimate of drug-likeness (QED) is 0.777. The van der Waals surface area contributed by atoms with Crippen LogP contribution in [0.25, 0.3) is 0 Å². The van der Waals surface area contributed by atoms with E-state index in [9.17, 15) is 0 Å². The predicted octanol–water partition coefficient (Wildman–Crippen LogP) is 0.392. The lowest BCUT2D eigenvalue weighted by molar-refractivity contribution is 0.134. The number of rotatable bonds is 2. The van der Waals surface area contributed by atoms with Gasteiger partial charge >= 0.3 is 0 Å². The summed E-state index contributed by atoms with van der Waals surface area (Å²) >= 11 is 0. The standard InChI is InChI=1S/C13H18N2O2/c16-9-12-8-10-7-11(1-2-13(10)17-12)15-5-3-14-4-6-15/h1-2,7,12,14,16H,3-6,8-9H2. The molecule has 0 radical (unpaired) electrons. The lowest BCUT2D eigenvalue weighted by atomic mass is 10.1. The minimum Gasteiger partial charge on any atom is -0.487 e. The molecule has 3 rings (SSSR count). The first-order valence-corrected chi connectivity index (χ1v) is 6.23. The second-order valence-corrected chi connectivity index (χ2v) is 4.66. The fourth-order valence-corrected chi connectivity index (χ4v) is 2.53. The summed E-state index contributed by atoms with van der Waals surface area (Å²) in [5, 5.41) is 12.5. The van der Waals surface area contributed by atoms with E-state index in [0.717, 1.165) is 38.3 Å². The SMILES string of the molecule is OCC1Cc2cc(N3CCNCC3)ccc2O1. The van der Waals surface area contributed by atoms with Crippen LogP contribution in [0, 0.1) is 0 Å². The van der Waals surface area contributed by atoms with E-state index in [0.29, 0.717) is 0 Å². The molecule has 92 valence electrons. The third kappa shape index (κ3) is 2.10. The minimum absolute atomic E-state index is 0.0525. The van der Waals surface area contributed by atoms with Crippen molar-refractivity contribution >= 4 is 5.69 Å². The number of piperazine rings is 1. The first-order valence-electron chi connectivity index (χ1n) is 6.23. The van der Waals surface area contributed by atoms with Crippen LogP contribution in [0.4, 0.5) is 5.69 Å². The molecule has 2 N–H and O–H groups in total. The van der Waals surface area contributed by atoms with Crippen LogP contribution in [-0.4, -0.2) is 44.0 Å². The smallest absolute Gasteiger partial charge is 0.126 e. The summed E-state index contributed by atoms with van der Waals surface area (Å²) in [5.74, 6) is 0.933. The van der Waals surface area contributed by atoms with Gasteiger partial charge in [-0.15, -0.1) is 0 Å². The molecule has 2 heterocycles. The van der Waals surface area contributed by atoms with Gasteiger partial charge in [0.2, 0.25) is 0 Å². The van der Waals surface area contributed by atoms with Crippen LogP contribution < -0.4 is 15.0 Å². The van der Waals surface area contributed by atoms with Gasteiger partial charge in [-0.3, -0.25) is 0 Å². The van der Waals surface area contributed by atoms with E-state index >= 15 is 0 Å². The van der Waals surface area contributed by atoms with Crippen molar-refractivity contribution in [3.8, 4) is 5.75 Å². The Morgan fingerprint density at radius 2 is 2.18 bits per heavy atom. The van der Waals surface area contributed by atoms with Crippen molar-refractivity contribution in [1.29, 1.82) is 0 Å². The van der Waals surface area contributed by atoms with Crippen molar-refractivity contribution in [1.82, 2.24) is 5.32 Å². The van der Waals surface area contributed by atoms with Gasteiger partial charge in [0.25, 0.3) is 0 Å². The number of nitrogens with zero attached hydrogens (tertiary/aromatic N) is 1. The second kappa shape index (κ2) is 4.55. The number of ether oxygens (including phenoxy) is 1. The molecule has 17 heavy (non-hydrogen) atoms. The van der Waals surface area contributed by atoms with Crippen molar-refractivity contribution in [2.24, 2.45) is 0 Å². The molecule has 1 fully saturated rings. The van der Waals surface area contributed by atoms with Gasteiger partial charge < -0.3 is 20.1 Å². The van der Waals surface area contributed by atoms with Crippen LogP contribution in [0.3, 0.4) is 0 Å². The Labute approximate surface area is 101 Å². The van der Waals surface area contributed by atoms with E-state index in [4.69, 9.17) is 9.84 Å². The summed E-state index contributed by atoms with van der Waals surface area (Å²) < 4.78 is 5.62. The average molecular weight is 234 g/mol. The Morgan fingerprint density at radius 1 is 1.35 bits per heavy atom. The molecule has 0 aliphatic carbocycles. The number of fused-ring (bicyclic) bond motifs is 1. The van der Waals surface area contributed by atoms with Crippen LogP contribution in [-0.2, 0) is 6.42 Å². The van der Waals surface area contributed by atoms with Crippen LogP contribution in [0.5, 0.6) is 5.75 Å². The van der Waals surface area contributed by atoms with Crippen molar-refractivity contribution in [3.05, 3.63) is 23.8 Å². The summed E-state index contributed by atoms with van der Waals surface area (Å²) in [6, 6.07) is 6.35. The van der Waals surface area contributed by atoms with Crippen LogP contribution in [0.2, 0.25) is 0 Å². The van der Waals surface area contributed by atoms with Gasteiger partial charge in [-0.1, -0.05) is 0 Å². The van der Waals surface area contributed by atoms with Crippen molar-refractivity contribution in [2.75, 3.05) is 37.7 Å². The van der Waals surface area contributed by atoms with E-state index in [1.807, 2.05) is 6.07 Å². The third-order valence-electron chi connectivity index (χ3n) is 3.47. The Hall–Kier alpha value is -1.26. The maximum atomic E-state index is 9.11. The first-order chi connectivity index (χ1) is 8.36. The zero-order chi connectivity index (χ0) is 11.7. The molecule has 1 atom stereocenters. The molecule has 2 aliphatic rings. The molecule has 1 saturated heterocycles. The number of hydrogen-bond donors (Lipinski definition) is 2. The summed E-state index contributed by atoms with van der Waals surface area (Å²) in [5.41, 5.74) is 2.49. The van der Waals surface area contributed by atoms with Crippen molar-refractivity contribution in [2.45, 2.75) is 12.5 Å². The Balaban J connectivity index is 1.80. The molecule has 0 saturated carbocycles. The first kappa shape index (κ1) is 10.9. The number of hydrogen-bond acceptors (Lipinski definition) is 4. The highest BCUT2D eigenvalue weighted by atomic mass is 16.5. The molecule has 1 unspecified atom stereocenters. The number of anilines is 1. The summed E-state index contributed by atoms with van der Waals surface area (Å²) in [7, 11) is 0. The van der Waals surface area contributed by atoms with E-state index < -0.39 is 0 Å². The summed E-state index contributed by atoms with van der Waals surface area (Å²) in [6.07, 6.45) is 0.773. The maximum absolute atomic E-state index is 9.11. The van der Waals surface area contributed by atoms with Gasteiger partial charge in [-0.2, -0.15) is 0 Å². The Morgan fingerprint density at radius 3 is 2.94 bits per heavy atom. The normalized spacial score (nSPS) is 23.4.